The van der Waals surface area contributed by atoms with Gasteiger partial charge in [-0.2, -0.15) is 0 Å². The fourth-order valence-corrected chi connectivity index (χ4v) is 2.51. The maximum absolute atomic E-state index is 11.9. The van der Waals surface area contributed by atoms with Gasteiger partial charge in [0.15, 0.2) is 6.54 Å². The zero-order valence-corrected chi connectivity index (χ0v) is 10.9. The molecule has 19 heavy (non-hydrogen) atoms. The highest BCUT2D eigenvalue weighted by atomic mass is 16.2. The minimum Gasteiger partial charge on any atom is -0.369 e. The zero-order chi connectivity index (χ0) is 13.7. The lowest BCUT2D eigenvalue weighted by atomic mass is 9.97. The van der Waals surface area contributed by atoms with Gasteiger partial charge in [0, 0.05) is 5.69 Å². The fraction of sp³-hybridized carbons (Fsp3) is 0.429. The van der Waals surface area contributed by atoms with E-state index >= 15 is 0 Å². The fourth-order valence-electron chi connectivity index (χ4n) is 2.51. The number of benzene rings is 1. The number of nitrogens with two attached hydrogens (primary N) is 1. The number of quaternary nitrogens is 1. The van der Waals surface area contributed by atoms with Crippen LogP contribution in [0.3, 0.4) is 0 Å². The van der Waals surface area contributed by atoms with E-state index < -0.39 is 0 Å². The maximum Gasteiger partial charge on any atom is 0.279 e. The molecule has 0 spiro atoms. The molecular weight excluding hydrogens is 242 g/mol. The minimum atomic E-state index is -0.249. The summed E-state index contributed by atoms with van der Waals surface area (Å²) < 4.78 is 0. The number of hydrogen-bond donors (Lipinski definition) is 3. The summed E-state index contributed by atoms with van der Waals surface area (Å²) in [6.45, 7) is 1.97. The largest absolute Gasteiger partial charge is 0.369 e. The van der Waals surface area contributed by atoms with E-state index in [1.54, 1.807) is 0 Å². The summed E-state index contributed by atoms with van der Waals surface area (Å²) in [6, 6.07) is 9.38. The quantitative estimate of drug-likeness (QED) is 0.678. The molecule has 1 aliphatic heterocycles. The summed E-state index contributed by atoms with van der Waals surface area (Å²) in [5, 5.41) is 2.86. The molecule has 1 aliphatic rings. The summed E-state index contributed by atoms with van der Waals surface area (Å²) in [6.07, 6.45) is 1.79. The third kappa shape index (κ3) is 4.06. The molecule has 1 heterocycles. The van der Waals surface area contributed by atoms with Crippen LogP contribution in [0.25, 0.3) is 0 Å². The molecule has 1 saturated heterocycles. The van der Waals surface area contributed by atoms with Crippen molar-refractivity contribution < 1.29 is 14.5 Å². The number of anilines is 1. The van der Waals surface area contributed by atoms with Crippen molar-refractivity contribution in [1.82, 2.24) is 0 Å². The van der Waals surface area contributed by atoms with E-state index in [4.69, 9.17) is 5.73 Å². The number of likely N-dealkylation sites (tertiary alicyclic amines) is 1. The highest BCUT2D eigenvalue weighted by Crippen LogP contribution is 2.06. The summed E-state index contributed by atoms with van der Waals surface area (Å²) in [5.74, 6) is -0.361. The van der Waals surface area contributed by atoms with Gasteiger partial charge in [0.1, 0.15) is 0 Å². The summed E-state index contributed by atoms with van der Waals surface area (Å²) in [7, 11) is 0. The normalized spacial score (nSPS) is 22.7. The molecule has 2 atom stereocenters. The molecule has 1 unspecified atom stereocenters. The Hall–Kier alpha value is -1.88. The van der Waals surface area contributed by atoms with Crippen LogP contribution in [0.1, 0.15) is 12.8 Å². The van der Waals surface area contributed by atoms with Crippen LogP contribution in [-0.4, -0.2) is 31.4 Å². The SMILES string of the molecule is NC(=O)[C@@H]1CCC[NH+](CC(=O)Nc2ccccc2)C1. The van der Waals surface area contributed by atoms with Crippen molar-refractivity contribution in [1.29, 1.82) is 0 Å². The Balaban J connectivity index is 1.83. The summed E-state index contributed by atoms with van der Waals surface area (Å²) >= 11 is 0. The Labute approximate surface area is 112 Å². The molecule has 2 rings (SSSR count). The lowest BCUT2D eigenvalue weighted by molar-refractivity contribution is -0.899. The molecule has 1 aromatic rings. The van der Waals surface area contributed by atoms with E-state index in [0.29, 0.717) is 13.1 Å². The van der Waals surface area contributed by atoms with Crippen LogP contribution in [0.4, 0.5) is 5.69 Å². The van der Waals surface area contributed by atoms with E-state index in [2.05, 4.69) is 5.32 Å². The Morgan fingerprint density at radius 2 is 2.05 bits per heavy atom. The van der Waals surface area contributed by atoms with Gasteiger partial charge in [0.25, 0.3) is 5.91 Å². The van der Waals surface area contributed by atoms with Crippen LogP contribution in [0.15, 0.2) is 30.3 Å². The first-order chi connectivity index (χ1) is 9.15. The van der Waals surface area contributed by atoms with E-state index in [1.807, 2.05) is 30.3 Å². The second-order valence-corrected chi connectivity index (χ2v) is 5.04. The number of rotatable bonds is 4. The van der Waals surface area contributed by atoms with Gasteiger partial charge >= 0.3 is 0 Å². The van der Waals surface area contributed by atoms with Crippen LogP contribution in [0.5, 0.6) is 0 Å². The summed E-state index contributed by atoms with van der Waals surface area (Å²) in [5.41, 5.74) is 6.13. The van der Waals surface area contributed by atoms with Crippen LogP contribution in [0.2, 0.25) is 0 Å². The molecule has 0 aromatic heterocycles. The molecule has 0 bridgehead atoms. The second kappa shape index (κ2) is 6.33. The molecule has 0 saturated carbocycles. The number of hydrogen-bond acceptors (Lipinski definition) is 2. The number of carbonyl (C=O) groups excluding carboxylic acids is 2. The van der Waals surface area contributed by atoms with Crippen molar-refractivity contribution in [2.24, 2.45) is 11.7 Å². The van der Waals surface area contributed by atoms with Gasteiger partial charge in [-0.1, -0.05) is 18.2 Å². The molecule has 0 aliphatic carbocycles. The molecule has 5 nitrogen and oxygen atoms in total. The number of primary amides is 1. The number of piperidine rings is 1. The number of para-hydroxylation sites is 1. The molecule has 2 amide bonds. The van der Waals surface area contributed by atoms with Gasteiger partial charge in [-0.3, -0.25) is 9.59 Å². The van der Waals surface area contributed by atoms with Crippen molar-refractivity contribution in [2.75, 3.05) is 25.0 Å². The van der Waals surface area contributed by atoms with Gasteiger partial charge in [-0.15, -0.1) is 0 Å². The summed E-state index contributed by atoms with van der Waals surface area (Å²) in [4.78, 5) is 24.2. The Morgan fingerprint density at radius 1 is 1.32 bits per heavy atom. The van der Waals surface area contributed by atoms with Gasteiger partial charge in [0.2, 0.25) is 5.91 Å². The minimum absolute atomic E-state index is 0.0219. The number of amides is 2. The monoisotopic (exact) mass is 262 g/mol. The third-order valence-corrected chi connectivity index (χ3v) is 3.49. The zero-order valence-electron chi connectivity index (χ0n) is 10.9. The van der Waals surface area contributed by atoms with Gasteiger partial charge in [-0.05, 0) is 25.0 Å². The van der Waals surface area contributed by atoms with Gasteiger partial charge in [0.05, 0.1) is 19.0 Å². The van der Waals surface area contributed by atoms with Crippen molar-refractivity contribution >= 4 is 17.5 Å². The first-order valence-corrected chi connectivity index (χ1v) is 6.63. The van der Waals surface area contributed by atoms with Crippen molar-refractivity contribution in [2.45, 2.75) is 12.8 Å². The second-order valence-electron chi connectivity index (χ2n) is 5.04. The molecule has 4 N–H and O–H groups in total. The van der Waals surface area contributed by atoms with Crippen LogP contribution < -0.4 is 16.0 Å². The first-order valence-electron chi connectivity index (χ1n) is 6.63. The third-order valence-electron chi connectivity index (χ3n) is 3.49. The van der Waals surface area contributed by atoms with Crippen molar-refractivity contribution in [3.05, 3.63) is 30.3 Å². The Morgan fingerprint density at radius 3 is 2.74 bits per heavy atom. The van der Waals surface area contributed by atoms with Crippen LogP contribution in [0, 0.1) is 5.92 Å². The molecule has 1 aromatic carbocycles. The lowest BCUT2D eigenvalue weighted by Gasteiger charge is -2.27. The van der Waals surface area contributed by atoms with E-state index in [0.717, 1.165) is 30.0 Å². The number of carbonyl (C=O) groups is 2. The van der Waals surface area contributed by atoms with E-state index in [-0.39, 0.29) is 17.7 Å². The van der Waals surface area contributed by atoms with Crippen molar-refractivity contribution in [3.8, 4) is 0 Å². The van der Waals surface area contributed by atoms with Crippen LogP contribution >= 0.6 is 0 Å². The number of nitrogens with one attached hydrogen (secondary N) is 2. The molecule has 0 radical (unpaired) electrons. The van der Waals surface area contributed by atoms with Gasteiger partial charge < -0.3 is 16.0 Å². The Kier molecular flexibility index (Phi) is 4.52. The van der Waals surface area contributed by atoms with Crippen LogP contribution in [-0.2, 0) is 9.59 Å². The van der Waals surface area contributed by atoms with Gasteiger partial charge in [-0.25, -0.2) is 0 Å². The molecule has 1 fully saturated rings. The average molecular weight is 262 g/mol. The smallest absolute Gasteiger partial charge is 0.279 e. The predicted octanol–water partition coefficient (Wildman–Crippen LogP) is -0.595. The Bertz CT molecular complexity index is 447. The standard InChI is InChI=1S/C14H19N3O2/c15-14(19)11-5-4-8-17(9-11)10-13(18)16-12-6-2-1-3-7-12/h1-3,6-7,11H,4-5,8-10H2,(H2,15,19)(H,16,18)/p+1/t11-/m1/s1. The van der Waals surface area contributed by atoms with Crippen molar-refractivity contribution in [3.63, 3.8) is 0 Å². The maximum atomic E-state index is 11.9. The first kappa shape index (κ1) is 13.5. The highest BCUT2D eigenvalue weighted by Gasteiger charge is 2.28. The molecule has 102 valence electrons. The molecule has 5 heteroatoms. The topological polar surface area (TPSA) is 76.6 Å². The lowest BCUT2D eigenvalue weighted by Crippen LogP contribution is -3.14. The highest BCUT2D eigenvalue weighted by molar-refractivity contribution is 5.91. The average Bonchev–Trinajstić information content (AvgIpc) is 2.40. The van der Waals surface area contributed by atoms with E-state index in [1.165, 1.54) is 0 Å². The molecular formula is C14H20N3O2+. The van der Waals surface area contributed by atoms with E-state index in [9.17, 15) is 9.59 Å². The predicted molar refractivity (Wildman–Crippen MR) is 72.6 cm³/mol.